The first-order chi connectivity index (χ1) is 7.75. The molecule has 2 atom stereocenters. The van der Waals surface area contributed by atoms with Crippen molar-refractivity contribution in [3.05, 3.63) is 0 Å². The van der Waals surface area contributed by atoms with E-state index in [0.717, 1.165) is 6.42 Å². The van der Waals surface area contributed by atoms with Crippen molar-refractivity contribution in [1.29, 1.82) is 0 Å². The molecule has 92 valence electrons. The minimum Gasteiger partial charge on any atom is -0.352 e. The van der Waals surface area contributed by atoms with Crippen LogP contribution in [0.5, 0.6) is 0 Å². The summed E-state index contributed by atoms with van der Waals surface area (Å²) in [6, 6.07) is 1.02. The molecule has 0 spiro atoms. The number of hydrogen-bond acceptors (Lipinski definition) is 2. The van der Waals surface area contributed by atoms with E-state index in [1.54, 1.807) is 0 Å². The van der Waals surface area contributed by atoms with Crippen LogP contribution in [-0.2, 0) is 4.79 Å². The molecule has 2 aliphatic rings. The van der Waals surface area contributed by atoms with E-state index < -0.39 is 0 Å². The zero-order chi connectivity index (χ0) is 11.4. The lowest BCUT2D eigenvalue weighted by molar-refractivity contribution is -0.121. The quantitative estimate of drug-likeness (QED) is 0.765. The minimum atomic E-state index is 0.186. The SMILES string of the molecule is CC1CCCC1NC(=O)CNC1CCCC1. The van der Waals surface area contributed by atoms with Gasteiger partial charge in [0.1, 0.15) is 0 Å². The van der Waals surface area contributed by atoms with Crippen LogP contribution in [-0.4, -0.2) is 24.5 Å². The first kappa shape index (κ1) is 11.9. The molecule has 2 rings (SSSR count). The van der Waals surface area contributed by atoms with Crippen LogP contribution in [0.25, 0.3) is 0 Å². The summed E-state index contributed by atoms with van der Waals surface area (Å²) < 4.78 is 0. The Morgan fingerprint density at radius 1 is 1.12 bits per heavy atom. The Morgan fingerprint density at radius 3 is 2.50 bits per heavy atom. The lowest BCUT2D eigenvalue weighted by Gasteiger charge is -2.18. The lowest BCUT2D eigenvalue weighted by Crippen LogP contribution is -2.43. The Kier molecular flexibility index (Phi) is 4.22. The van der Waals surface area contributed by atoms with Crippen molar-refractivity contribution in [2.45, 2.75) is 64.0 Å². The average Bonchev–Trinajstić information content (AvgIpc) is 2.88. The summed E-state index contributed by atoms with van der Waals surface area (Å²) in [5.41, 5.74) is 0. The van der Waals surface area contributed by atoms with Gasteiger partial charge in [0.05, 0.1) is 6.54 Å². The first-order valence-electron chi connectivity index (χ1n) is 6.78. The number of nitrogens with one attached hydrogen (secondary N) is 2. The smallest absolute Gasteiger partial charge is 0.234 e. The first-order valence-corrected chi connectivity index (χ1v) is 6.78. The molecule has 0 aliphatic heterocycles. The molecule has 0 aromatic carbocycles. The molecule has 0 bridgehead atoms. The second-order valence-electron chi connectivity index (χ2n) is 5.44. The minimum absolute atomic E-state index is 0.186. The van der Waals surface area contributed by atoms with E-state index >= 15 is 0 Å². The second kappa shape index (κ2) is 5.67. The summed E-state index contributed by atoms with van der Waals surface area (Å²) >= 11 is 0. The zero-order valence-electron chi connectivity index (χ0n) is 10.3. The molecule has 3 nitrogen and oxygen atoms in total. The monoisotopic (exact) mass is 224 g/mol. The van der Waals surface area contributed by atoms with Crippen molar-refractivity contribution in [1.82, 2.24) is 10.6 Å². The second-order valence-corrected chi connectivity index (χ2v) is 5.44. The fourth-order valence-electron chi connectivity index (χ4n) is 2.98. The van der Waals surface area contributed by atoms with Crippen LogP contribution in [0, 0.1) is 5.92 Å². The predicted molar refractivity (Wildman–Crippen MR) is 65.2 cm³/mol. The summed E-state index contributed by atoms with van der Waals surface area (Å²) in [6.45, 7) is 2.75. The number of carbonyl (C=O) groups is 1. The Morgan fingerprint density at radius 2 is 1.88 bits per heavy atom. The molecule has 0 heterocycles. The molecule has 2 saturated carbocycles. The molecule has 0 aromatic rings. The highest BCUT2D eigenvalue weighted by Crippen LogP contribution is 2.24. The van der Waals surface area contributed by atoms with Gasteiger partial charge in [-0.3, -0.25) is 4.79 Å². The van der Waals surface area contributed by atoms with Crippen LogP contribution >= 0.6 is 0 Å². The molecule has 1 amide bonds. The molecule has 2 unspecified atom stereocenters. The number of hydrogen-bond donors (Lipinski definition) is 2. The van der Waals surface area contributed by atoms with Crippen molar-refractivity contribution < 1.29 is 4.79 Å². The molecular weight excluding hydrogens is 200 g/mol. The largest absolute Gasteiger partial charge is 0.352 e. The van der Waals surface area contributed by atoms with E-state index in [0.29, 0.717) is 24.5 Å². The summed E-state index contributed by atoms with van der Waals surface area (Å²) in [6.07, 6.45) is 8.82. The van der Waals surface area contributed by atoms with E-state index in [4.69, 9.17) is 0 Å². The number of rotatable bonds is 4. The van der Waals surface area contributed by atoms with Crippen molar-refractivity contribution in [2.75, 3.05) is 6.54 Å². The molecule has 0 aromatic heterocycles. The van der Waals surface area contributed by atoms with Crippen molar-refractivity contribution in [3.8, 4) is 0 Å². The maximum Gasteiger partial charge on any atom is 0.234 e. The third kappa shape index (κ3) is 3.21. The van der Waals surface area contributed by atoms with Gasteiger partial charge < -0.3 is 10.6 Å². The average molecular weight is 224 g/mol. The Hall–Kier alpha value is -0.570. The van der Waals surface area contributed by atoms with Crippen LogP contribution < -0.4 is 10.6 Å². The van der Waals surface area contributed by atoms with Gasteiger partial charge in [-0.15, -0.1) is 0 Å². The van der Waals surface area contributed by atoms with E-state index in [-0.39, 0.29) is 5.91 Å². The van der Waals surface area contributed by atoms with Gasteiger partial charge in [-0.05, 0) is 31.6 Å². The molecule has 0 radical (unpaired) electrons. The van der Waals surface area contributed by atoms with Gasteiger partial charge in [0.15, 0.2) is 0 Å². The van der Waals surface area contributed by atoms with Gasteiger partial charge in [0, 0.05) is 12.1 Å². The summed E-state index contributed by atoms with van der Waals surface area (Å²) in [5, 5.41) is 6.51. The molecule has 16 heavy (non-hydrogen) atoms. The molecule has 2 N–H and O–H groups in total. The zero-order valence-corrected chi connectivity index (χ0v) is 10.3. The van der Waals surface area contributed by atoms with Gasteiger partial charge in [-0.25, -0.2) is 0 Å². The molecule has 2 fully saturated rings. The third-order valence-corrected chi connectivity index (χ3v) is 4.11. The molecule has 3 heteroatoms. The summed E-state index contributed by atoms with van der Waals surface area (Å²) in [4.78, 5) is 11.7. The standard InChI is InChI=1S/C13H24N2O/c1-10-5-4-8-12(10)15-13(16)9-14-11-6-2-3-7-11/h10-12,14H,2-9H2,1H3,(H,15,16). The highest BCUT2D eigenvalue weighted by atomic mass is 16.2. The number of amides is 1. The maximum absolute atomic E-state index is 11.7. The van der Waals surface area contributed by atoms with Gasteiger partial charge >= 0.3 is 0 Å². The molecular formula is C13H24N2O. The van der Waals surface area contributed by atoms with Crippen molar-refractivity contribution >= 4 is 5.91 Å². The summed E-state index contributed by atoms with van der Waals surface area (Å²) in [5.74, 6) is 0.848. The maximum atomic E-state index is 11.7. The van der Waals surface area contributed by atoms with Gasteiger partial charge in [0.25, 0.3) is 0 Å². The van der Waals surface area contributed by atoms with Crippen molar-refractivity contribution in [2.24, 2.45) is 5.92 Å². The van der Waals surface area contributed by atoms with E-state index in [9.17, 15) is 4.79 Å². The van der Waals surface area contributed by atoms with Crippen LogP contribution in [0.4, 0.5) is 0 Å². The number of carbonyl (C=O) groups excluding carboxylic acids is 1. The highest BCUT2D eigenvalue weighted by Gasteiger charge is 2.24. The van der Waals surface area contributed by atoms with E-state index in [1.165, 1.54) is 38.5 Å². The lowest BCUT2D eigenvalue weighted by atomic mass is 10.1. The van der Waals surface area contributed by atoms with Crippen LogP contribution in [0.15, 0.2) is 0 Å². The van der Waals surface area contributed by atoms with Crippen LogP contribution in [0.1, 0.15) is 51.9 Å². The topological polar surface area (TPSA) is 41.1 Å². The van der Waals surface area contributed by atoms with Crippen molar-refractivity contribution in [3.63, 3.8) is 0 Å². The Balaban J connectivity index is 1.63. The van der Waals surface area contributed by atoms with Gasteiger partial charge in [0.2, 0.25) is 5.91 Å². The molecule has 2 aliphatic carbocycles. The predicted octanol–water partition coefficient (Wildman–Crippen LogP) is 1.82. The van der Waals surface area contributed by atoms with Gasteiger partial charge in [-0.1, -0.05) is 26.2 Å². The summed E-state index contributed by atoms with van der Waals surface area (Å²) in [7, 11) is 0. The van der Waals surface area contributed by atoms with Crippen LogP contribution in [0.3, 0.4) is 0 Å². The highest BCUT2D eigenvalue weighted by molar-refractivity contribution is 5.78. The van der Waals surface area contributed by atoms with E-state index in [2.05, 4.69) is 17.6 Å². The Bertz CT molecular complexity index is 236. The fraction of sp³-hybridized carbons (Fsp3) is 0.923. The van der Waals surface area contributed by atoms with Gasteiger partial charge in [-0.2, -0.15) is 0 Å². The fourth-order valence-corrected chi connectivity index (χ4v) is 2.98. The third-order valence-electron chi connectivity index (χ3n) is 4.11. The van der Waals surface area contributed by atoms with E-state index in [1.807, 2.05) is 0 Å². The molecule has 0 saturated heterocycles. The van der Waals surface area contributed by atoms with Crippen LogP contribution in [0.2, 0.25) is 0 Å². The Labute approximate surface area is 98.4 Å². The normalized spacial score (nSPS) is 30.8.